The summed E-state index contributed by atoms with van der Waals surface area (Å²) in [6.07, 6.45) is 2.90. The molecule has 0 nitrogen and oxygen atoms in total. The molecule has 42 valence electrons. The van der Waals surface area contributed by atoms with Crippen LogP contribution in [0.15, 0.2) is 0 Å². The maximum Gasteiger partial charge on any atom is -0.00650 e. The highest BCUT2D eigenvalue weighted by molar-refractivity contribution is 7.99. The fraction of sp³-hybridized carbons (Fsp3) is 1.00. The van der Waals surface area contributed by atoms with Crippen molar-refractivity contribution in [3.05, 3.63) is 0 Å². The Balaban J connectivity index is 2.12. The first-order valence-electron chi connectivity index (χ1n) is 2.97. The van der Waals surface area contributed by atoms with E-state index in [4.69, 9.17) is 0 Å². The topological polar surface area (TPSA) is 0 Å². The summed E-state index contributed by atoms with van der Waals surface area (Å²) in [7, 11) is 0. The summed E-state index contributed by atoms with van der Waals surface area (Å²) in [5.74, 6) is 3.82. The highest BCUT2D eigenvalue weighted by atomic mass is 32.2. The minimum absolute atomic E-state index is 1.02. The first kappa shape index (κ1) is 5.49. The second-order valence-corrected chi connectivity index (χ2v) is 3.52. The Morgan fingerprint density at radius 2 is 1.86 bits per heavy atom. The Kier molecular flexibility index (Phi) is 2.04. The summed E-state index contributed by atoms with van der Waals surface area (Å²) in [5, 5.41) is 0. The summed E-state index contributed by atoms with van der Waals surface area (Å²) < 4.78 is 0. The van der Waals surface area contributed by atoms with E-state index in [-0.39, 0.29) is 0 Å². The van der Waals surface area contributed by atoms with Crippen LogP contribution in [0.1, 0.15) is 19.8 Å². The lowest BCUT2D eigenvalue weighted by molar-refractivity contribution is 0.541. The molecule has 0 radical (unpaired) electrons. The molecule has 1 fully saturated rings. The molecule has 0 N–H and O–H groups in total. The average molecular weight is 116 g/mol. The minimum atomic E-state index is 1.02. The first-order valence-corrected chi connectivity index (χ1v) is 4.13. The van der Waals surface area contributed by atoms with Crippen LogP contribution >= 0.6 is 11.8 Å². The van der Waals surface area contributed by atoms with Gasteiger partial charge in [-0.1, -0.05) is 6.92 Å². The van der Waals surface area contributed by atoms with E-state index in [1.807, 2.05) is 0 Å². The van der Waals surface area contributed by atoms with Crippen LogP contribution < -0.4 is 0 Å². The van der Waals surface area contributed by atoms with Crippen LogP contribution in [0.3, 0.4) is 0 Å². The molecule has 1 saturated heterocycles. The molecule has 0 aromatic heterocycles. The third-order valence-corrected chi connectivity index (χ3v) is 2.56. The Bertz CT molecular complexity index is 46.1. The Morgan fingerprint density at radius 1 is 1.29 bits per heavy atom. The van der Waals surface area contributed by atoms with E-state index >= 15 is 0 Å². The highest BCUT2D eigenvalue weighted by Gasteiger charge is 2.06. The van der Waals surface area contributed by atoms with Crippen molar-refractivity contribution in [1.29, 1.82) is 0 Å². The van der Waals surface area contributed by atoms with E-state index in [9.17, 15) is 0 Å². The number of thioether (sulfide) groups is 1. The van der Waals surface area contributed by atoms with Crippen LogP contribution in [0.2, 0.25) is 0 Å². The van der Waals surface area contributed by atoms with Crippen molar-refractivity contribution >= 4 is 11.8 Å². The van der Waals surface area contributed by atoms with Crippen LogP contribution in [-0.4, -0.2) is 11.5 Å². The summed E-state index contributed by atoms with van der Waals surface area (Å²) in [6.45, 7) is 2.35. The van der Waals surface area contributed by atoms with Crippen LogP contribution in [-0.2, 0) is 0 Å². The summed E-state index contributed by atoms with van der Waals surface area (Å²) >= 11 is 2.10. The van der Waals surface area contributed by atoms with E-state index in [0.29, 0.717) is 0 Å². The van der Waals surface area contributed by atoms with Crippen molar-refractivity contribution in [2.75, 3.05) is 11.5 Å². The Labute approximate surface area is 49.7 Å². The average Bonchev–Trinajstić information content (AvgIpc) is 1.69. The van der Waals surface area contributed by atoms with Gasteiger partial charge in [0, 0.05) is 0 Å². The normalized spacial score (nSPS) is 25.3. The standard InChI is InChI=1S/C6H12S/c1-6-2-4-7-5-3-6/h6H,2-5H2,1H3. The van der Waals surface area contributed by atoms with Gasteiger partial charge in [-0.05, 0) is 30.3 Å². The van der Waals surface area contributed by atoms with Gasteiger partial charge in [0.2, 0.25) is 0 Å². The molecule has 1 aliphatic heterocycles. The Morgan fingerprint density at radius 3 is 2.14 bits per heavy atom. The molecule has 1 aliphatic rings. The maximum atomic E-state index is 2.35. The van der Waals surface area contributed by atoms with Gasteiger partial charge >= 0.3 is 0 Å². The zero-order valence-corrected chi connectivity index (χ0v) is 5.63. The lowest BCUT2D eigenvalue weighted by atomic mass is 10.1. The van der Waals surface area contributed by atoms with Gasteiger partial charge in [0.1, 0.15) is 0 Å². The van der Waals surface area contributed by atoms with Crippen molar-refractivity contribution in [2.24, 2.45) is 5.92 Å². The van der Waals surface area contributed by atoms with Gasteiger partial charge in [0.05, 0.1) is 0 Å². The molecule has 1 rings (SSSR count). The SMILES string of the molecule is CC1CCSCC1. The van der Waals surface area contributed by atoms with Gasteiger partial charge in [-0.25, -0.2) is 0 Å². The Hall–Kier alpha value is 0.350. The van der Waals surface area contributed by atoms with Gasteiger partial charge in [0.25, 0.3) is 0 Å². The molecule has 0 aliphatic carbocycles. The molecule has 0 spiro atoms. The highest BCUT2D eigenvalue weighted by Crippen LogP contribution is 2.21. The van der Waals surface area contributed by atoms with Gasteiger partial charge in [-0.15, -0.1) is 0 Å². The third kappa shape index (κ3) is 1.72. The lowest BCUT2D eigenvalue weighted by Crippen LogP contribution is -2.04. The molecule has 0 bridgehead atoms. The van der Waals surface area contributed by atoms with E-state index < -0.39 is 0 Å². The summed E-state index contributed by atoms with van der Waals surface area (Å²) in [4.78, 5) is 0. The predicted molar refractivity (Wildman–Crippen MR) is 35.7 cm³/mol. The smallest absolute Gasteiger partial charge is 0.00650 e. The minimum Gasteiger partial charge on any atom is -0.162 e. The van der Waals surface area contributed by atoms with E-state index in [1.165, 1.54) is 24.3 Å². The molecule has 0 saturated carbocycles. The molecule has 7 heavy (non-hydrogen) atoms. The molecule has 0 aromatic carbocycles. The zero-order valence-electron chi connectivity index (χ0n) is 4.81. The van der Waals surface area contributed by atoms with Gasteiger partial charge in [0.15, 0.2) is 0 Å². The summed E-state index contributed by atoms with van der Waals surface area (Å²) in [5.41, 5.74) is 0. The lowest BCUT2D eigenvalue weighted by Gasteiger charge is -2.15. The van der Waals surface area contributed by atoms with Crippen LogP contribution in [0.4, 0.5) is 0 Å². The maximum absolute atomic E-state index is 2.35. The summed E-state index contributed by atoms with van der Waals surface area (Å²) in [6, 6.07) is 0. The molecular formula is C6H12S. The largest absolute Gasteiger partial charge is 0.162 e. The van der Waals surface area contributed by atoms with Gasteiger partial charge in [-0.3, -0.25) is 0 Å². The van der Waals surface area contributed by atoms with Crippen molar-refractivity contribution in [3.8, 4) is 0 Å². The molecule has 0 amide bonds. The van der Waals surface area contributed by atoms with Crippen LogP contribution in [0.5, 0.6) is 0 Å². The number of rotatable bonds is 0. The monoisotopic (exact) mass is 116 g/mol. The zero-order chi connectivity index (χ0) is 5.11. The molecule has 1 heterocycles. The molecular weight excluding hydrogens is 104 g/mol. The van der Waals surface area contributed by atoms with E-state index in [1.54, 1.807) is 0 Å². The van der Waals surface area contributed by atoms with Crippen molar-refractivity contribution in [3.63, 3.8) is 0 Å². The fourth-order valence-corrected chi connectivity index (χ4v) is 2.16. The fourth-order valence-electron chi connectivity index (χ4n) is 0.815. The van der Waals surface area contributed by atoms with Crippen molar-refractivity contribution in [1.82, 2.24) is 0 Å². The second kappa shape index (κ2) is 2.61. The third-order valence-electron chi connectivity index (χ3n) is 1.51. The van der Waals surface area contributed by atoms with Crippen molar-refractivity contribution < 1.29 is 0 Å². The molecule has 0 atom stereocenters. The van der Waals surface area contributed by atoms with Crippen LogP contribution in [0.25, 0.3) is 0 Å². The van der Waals surface area contributed by atoms with E-state index in [0.717, 1.165) is 5.92 Å². The molecule has 0 aromatic rings. The predicted octanol–water partition coefficient (Wildman–Crippen LogP) is 2.15. The van der Waals surface area contributed by atoms with Crippen molar-refractivity contribution in [2.45, 2.75) is 19.8 Å². The number of hydrogen-bond donors (Lipinski definition) is 0. The van der Waals surface area contributed by atoms with Gasteiger partial charge in [-0.2, -0.15) is 11.8 Å². The first-order chi connectivity index (χ1) is 3.39. The number of hydrogen-bond acceptors (Lipinski definition) is 1. The second-order valence-electron chi connectivity index (χ2n) is 2.29. The molecule has 0 unspecified atom stereocenters. The molecule has 1 heteroatoms. The van der Waals surface area contributed by atoms with Crippen LogP contribution in [0, 0.1) is 5.92 Å². The quantitative estimate of drug-likeness (QED) is 0.467. The van der Waals surface area contributed by atoms with E-state index in [2.05, 4.69) is 18.7 Å². The van der Waals surface area contributed by atoms with Gasteiger partial charge < -0.3 is 0 Å².